The lowest BCUT2D eigenvalue weighted by Gasteiger charge is -2.10. The minimum absolute atomic E-state index is 0.107. The molecular formula is C19H12F2N4O. The second-order valence-corrected chi connectivity index (χ2v) is 5.26. The number of aromatic nitrogens is 1. The number of hydrogen-bond donors (Lipinski definition) is 2. The molecule has 0 spiro atoms. The summed E-state index contributed by atoms with van der Waals surface area (Å²) in [6.45, 7) is 0. The van der Waals surface area contributed by atoms with Gasteiger partial charge in [0, 0.05) is 11.8 Å². The van der Waals surface area contributed by atoms with E-state index in [1.165, 1.54) is 24.4 Å². The molecule has 0 unspecified atom stereocenters. The third-order valence-electron chi connectivity index (χ3n) is 3.53. The first-order valence-electron chi connectivity index (χ1n) is 7.56. The van der Waals surface area contributed by atoms with E-state index in [0.717, 1.165) is 12.1 Å². The van der Waals surface area contributed by atoms with E-state index in [-0.39, 0.29) is 17.1 Å². The first kappa shape index (κ1) is 17.0. The van der Waals surface area contributed by atoms with Crippen LogP contribution in [0.15, 0.2) is 60.8 Å². The molecule has 0 saturated carbocycles. The van der Waals surface area contributed by atoms with Gasteiger partial charge in [0.2, 0.25) is 0 Å². The fourth-order valence-electron chi connectivity index (χ4n) is 2.27. The zero-order valence-corrected chi connectivity index (χ0v) is 13.3. The molecule has 1 amide bonds. The molecule has 7 heteroatoms. The number of anilines is 3. The highest BCUT2D eigenvalue weighted by Gasteiger charge is 2.12. The van der Waals surface area contributed by atoms with E-state index in [4.69, 9.17) is 5.26 Å². The van der Waals surface area contributed by atoms with Crippen molar-refractivity contribution in [2.45, 2.75) is 0 Å². The van der Waals surface area contributed by atoms with Crippen molar-refractivity contribution in [3.05, 3.63) is 83.6 Å². The number of para-hydroxylation sites is 2. The van der Waals surface area contributed by atoms with Crippen LogP contribution in [0.2, 0.25) is 0 Å². The molecule has 128 valence electrons. The Morgan fingerprint density at radius 3 is 2.50 bits per heavy atom. The zero-order valence-electron chi connectivity index (χ0n) is 13.3. The van der Waals surface area contributed by atoms with Crippen molar-refractivity contribution in [1.82, 2.24) is 4.98 Å². The Balaban J connectivity index is 1.83. The number of nitrogens with zero attached hydrogens (tertiary/aromatic N) is 2. The smallest absolute Gasteiger partial charge is 0.255 e. The largest absolute Gasteiger partial charge is 0.335 e. The molecule has 1 heterocycles. The van der Waals surface area contributed by atoms with Crippen LogP contribution >= 0.6 is 0 Å². The summed E-state index contributed by atoms with van der Waals surface area (Å²) >= 11 is 0. The molecule has 0 atom stereocenters. The molecule has 3 rings (SSSR count). The number of benzene rings is 2. The van der Waals surface area contributed by atoms with Crippen molar-refractivity contribution in [1.29, 1.82) is 5.26 Å². The molecule has 0 bridgehead atoms. The molecular weight excluding hydrogens is 338 g/mol. The van der Waals surface area contributed by atoms with Crippen LogP contribution in [0, 0.1) is 23.0 Å². The summed E-state index contributed by atoms with van der Waals surface area (Å²) in [5.41, 5.74) is 0.549. The average molecular weight is 350 g/mol. The maximum Gasteiger partial charge on any atom is 0.255 e. The molecule has 1 aromatic heterocycles. The fourth-order valence-corrected chi connectivity index (χ4v) is 2.27. The number of carbonyl (C=O) groups excluding carboxylic acids is 1. The van der Waals surface area contributed by atoms with Crippen molar-refractivity contribution < 1.29 is 13.6 Å². The maximum atomic E-state index is 13.7. The van der Waals surface area contributed by atoms with Crippen LogP contribution in [0.4, 0.5) is 26.0 Å². The van der Waals surface area contributed by atoms with Gasteiger partial charge in [-0.15, -0.1) is 0 Å². The quantitative estimate of drug-likeness (QED) is 0.738. The Kier molecular flexibility index (Phi) is 4.85. The fraction of sp³-hybridized carbons (Fsp3) is 0. The molecule has 0 radical (unpaired) electrons. The van der Waals surface area contributed by atoms with Crippen LogP contribution in [0.25, 0.3) is 0 Å². The van der Waals surface area contributed by atoms with Crippen molar-refractivity contribution in [3.8, 4) is 6.07 Å². The minimum atomic E-state index is -0.774. The summed E-state index contributed by atoms with van der Waals surface area (Å²) in [6, 6.07) is 14.8. The van der Waals surface area contributed by atoms with Gasteiger partial charge in [0.15, 0.2) is 0 Å². The number of pyridine rings is 1. The van der Waals surface area contributed by atoms with E-state index < -0.39 is 17.5 Å². The lowest BCUT2D eigenvalue weighted by Crippen LogP contribution is -2.13. The molecule has 2 N–H and O–H groups in total. The highest BCUT2D eigenvalue weighted by Crippen LogP contribution is 2.23. The van der Waals surface area contributed by atoms with Crippen LogP contribution in [-0.2, 0) is 0 Å². The maximum absolute atomic E-state index is 13.7. The SMILES string of the molecule is N#Cc1ccccc1NC(=O)c1ccnc(Nc2c(F)cccc2F)c1. The van der Waals surface area contributed by atoms with Crippen LogP contribution in [0.3, 0.4) is 0 Å². The Labute approximate surface area is 147 Å². The van der Waals surface area contributed by atoms with Crippen molar-refractivity contribution in [3.63, 3.8) is 0 Å². The Morgan fingerprint density at radius 1 is 1.04 bits per heavy atom. The van der Waals surface area contributed by atoms with E-state index in [1.54, 1.807) is 24.3 Å². The predicted octanol–water partition coefficient (Wildman–Crippen LogP) is 4.23. The molecule has 0 aliphatic heterocycles. The molecule has 3 aromatic rings. The van der Waals surface area contributed by atoms with E-state index >= 15 is 0 Å². The molecule has 0 fully saturated rings. The number of nitrogens with one attached hydrogen (secondary N) is 2. The summed E-state index contributed by atoms with van der Waals surface area (Å²) in [5, 5.41) is 14.2. The van der Waals surface area contributed by atoms with Gasteiger partial charge in [0.1, 0.15) is 29.2 Å². The molecule has 0 saturated heterocycles. The zero-order chi connectivity index (χ0) is 18.5. The molecule has 5 nitrogen and oxygen atoms in total. The highest BCUT2D eigenvalue weighted by molar-refractivity contribution is 6.05. The van der Waals surface area contributed by atoms with Gasteiger partial charge in [0.05, 0.1) is 11.3 Å². The number of amides is 1. The van der Waals surface area contributed by atoms with Gasteiger partial charge in [-0.05, 0) is 36.4 Å². The van der Waals surface area contributed by atoms with Gasteiger partial charge < -0.3 is 10.6 Å². The van der Waals surface area contributed by atoms with Gasteiger partial charge in [0.25, 0.3) is 5.91 Å². The monoisotopic (exact) mass is 350 g/mol. The number of carbonyl (C=O) groups is 1. The van der Waals surface area contributed by atoms with E-state index in [9.17, 15) is 13.6 Å². The predicted molar refractivity (Wildman–Crippen MR) is 93.0 cm³/mol. The van der Waals surface area contributed by atoms with Gasteiger partial charge >= 0.3 is 0 Å². The van der Waals surface area contributed by atoms with E-state index in [0.29, 0.717) is 11.3 Å². The van der Waals surface area contributed by atoms with Crippen LogP contribution < -0.4 is 10.6 Å². The Hall–Kier alpha value is -3.79. The van der Waals surface area contributed by atoms with Gasteiger partial charge in [-0.25, -0.2) is 13.8 Å². The molecule has 26 heavy (non-hydrogen) atoms. The van der Waals surface area contributed by atoms with Crippen molar-refractivity contribution >= 4 is 23.1 Å². The third-order valence-corrected chi connectivity index (χ3v) is 3.53. The Bertz CT molecular complexity index is 994. The number of nitriles is 1. The lowest BCUT2D eigenvalue weighted by molar-refractivity contribution is 0.102. The second-order valence-electron chi connectivity index (χ2n) is 5.26. The highest BCUT2D eigenvalue weighted by atomic mass is 19.1. The van der Waals surface area contributed by atoms with Crippen molar-refractivity contribution in [2.75, 3.05) is 10.6 Å². The summed E-state index contributed by atoms with van der Waals surface area (Å²) in [6.07, 6.45) is 1.34. The standard InChI is InChI=1S/C19H12F2N4O/c20-14-5-3-6-15(21)18(14)25-17-10-12(8-9-23-17)19(26)24-16-7-2-1-4-13(16)11-22/h1-10H,(H,23,25)(H,24,26). The number of halogens is 2. The first-order chi connectivity index (χ1) is 12.6. The van der Waals surface area contributed by atoms with Gasteiger partial charge in [-0.2, -0.15) is 5.26 Å². The van der Waals surface area contributed by atoms with Gasteiger partial charge in [-0.3, -0.25) is 4.79 Å². The van der Waals surface area contributed by atoms with Crippen LogP contribution in [0.5, 0.6) is 0 Å². The normalized spacial score (nSPS) is 10.0. The summed E-state index contributed by atoms with van der Waals surface area (Å²) in [4.78, 5) is 16.4. The van der Waals surface area contributed by atoms with Crippen molar-refractivity contribution in [2.24, 2.45) is 0 Å². The van der Waals surface area contributed by atoms with Gasteiger partial charge in [-0.1, -0.05) is 18.2 Å². The van der Waals surface area contributed by atoms with E-state index in [1.807, 2.05) is 6.07 Å². The molecule has 0 aliphatic carbocycles. The summed E-state index contributed by atoms with van der Waals surface area (Å²) in [7, 11) is 0. The summed E-state index contributed by atoms with van der Waals surface area (Å²) in [5.74, 6) is -1.92. The number of hydrogen-bond acceptors (Lipinski definition) is 4. The topological polar surface area (TPSA) is 77.8 Å². The minimum Gasteiger partial charge on any atom is -0.335 e. The molecule has 2 aromatic carbocycles. The van der Waals surface area contributed by atoms with Crippen LogP contribution in [-0.4, -0.2) is 10.9 Å². The average Bonchev–Trinajstić information content (AvgIpc) is 2.65. The lowest BCUT2D eigenvalue weighted by atomic mass is 10.1. The second kappa shape index (κ2) is 7.40. The Morgan fingerprint density at radius 2 is 1.77 bits per heavy atom. The van der Waals surface area contributed by atoms with E-state index in [2.05, 4.69) is 15.6 Å². The number of rotatable bonds is 4. The first-order valence-corrected chi connectivity index (χ1v) is 7.56. The molecule has 0 aliphatic rings. The third kappa shape index (κ3) is 3.65. The van der Waals surface area contributed by atoms with Crippen LogP contribution in [0.1, 0.15) is 15.9 Å². The summed E-state index contributed by atoms with van der Waals surface area (Å²) < 4.78 is 27.5.